The van der Waals surface area contributed by atoms with Crippen LogP contribution in [0.5, 0.6) is 0 Å². The number of aromatic nitrogens is 1. The second-order valence-corrected chi connectivity index (χ2v) is 4.89. The van der Waals surface area contributed by atoms with Crippen LogP contribution in [0.1, 0.15) is 17.3 Å². The van der Waals surface area contributed by atoms with Gasteiger partial charge in [-0.25, -0.2) is 4.98 Å². The van der Waals surface area contributed by atoms with Gasteiger partial charge in [-0.05, 0) is 19.1 Å². The van der Waals surface area contributed by atoms with Crippen LogP contribution in [0, 0.1) is 0 Å². The number of hydrogen-bond acceptors (Lipinski definition) is 4. The maximum absolute atomic E-state index is 12.1. The van der Waals surface area contributed by atoms with Gasteiger partial charge < -0.3 is 15.0 Å². The Bertz CT molecular complexity index is 503. The molecule has 1 aliphatic heterocycles. The minimum absolute atomic E-state index is 0.109. The first-order chi connectivity index (χ1) is 9.58. The smallest absolute Gasteiger partial charge is 0.252 e. The molecule has 2 heterocycles. The fourth-order valence-corrected chi connectivity index (χ4v) is 2.12. The van der Waals surface area contributed by atoms with Crippen molar-refractivity contribution in [1.29, 1.82) is 0 Å². The van der Waals surface area contributed by atoms with E-state index in [0.717, 1.165) is 0 Å². The summed E-state index contributed by atoms with van der Waals surface area (Å²) in [4.78, 5) is 29.6. The topological polar surface area (TPSA) is 71.5 Å². The molecule has 1 saturated heterocycles. The highest BCUT2D eigenvalue weighted by Gasteiger charge is 2.24. The summed E-state index contributed by atoms with van der Waals surface area (Å²) in [5.74, 6) is -0.454. The third kappa shape index (κ3) is 3.68. The zero-order chi connectivity index (χ0) is 14.5. The van der Waals surface area contributed by atoms with Crippen molar-refractivity contribution in [3.63, 3.8) is 0 Å². The fraction of sp³-hybridized carbons (Fsp3) is 0.462. The van der Waals surface area contributed by atoms with Crippen LogP contribution in [0.15, 0.2) is 18.3 Å². The van der Waals surface area contributed by atoms with E-state index in [0.29, 0.717) is 31.9 Å². The zero-order valence-electron chi connectivity index (χ0n) is 11.1. The Hall–Kier alpha value is -1.66. The van der Waals surface area contributed by atoms with Gasteiger partial charge in [-0.15, -0.1) is 0 Å². The SMILES string of the molecule is CC(NC(=O)c1ccnc(Cl)c1)C(=O)N1CCOCC1. The highest BCUT2D eigenvalue weighted by Crippen LogP contribution is 2.07. The first-order valence-electron chi connectivity index (χ1n) is 6.37. The van der Waals surface area contributed by atoms with Gasteiger partial charge >= 0.3 is 0 Å². The van der Waals surface area contributed by atoms with Crippen molar-refractivity contribution in [2.45, 2.75) is 13.0 Å². The number of carbonyl (C=O) groups excluding carboxylic acids is 2. The van der Waals surface area contributed by atoms with Gasteiger partial charge in [0.05, 0.1) is 13.2 Å². The summed E-state index contributed by atoms with van der Waals surface area (Å²) in [5, 5.41) is 2.90. The van der Waals surface area contributed by atoms with Gasteiger partial charge in [0.25, 0.3) is 5.91 Å². The van der Waals surface area contributed by atoms with Crippen molar-refractivity contribution in [2.75, 3.05) is 26.3 Å². The molecule has 1 fully saturated rings. The van der Waals surface area contributed by atoms with Crippen LogP contribution in [0.25, 0.3) is 0 Å². The summed E-state index contributed by atoms with van der Waals surface area (Å²) in [7, 11) is 0. The third-order valence-electron chi connectivity index (χ3n) is 3.03. The van der Waals surface area contributed by atoms with Crippen molar-refractivity contribution in [3.05, 3.63) is 29.0 Å². The van der Waals surface area contributed by atoms with Crippen LogP contribution in [-0.4, -0.2) is 54.0 Å². The summed E-state index contributed by atoms with van der Waals surface area (Å²) < 4.78 is 5.19. The standard InChI is InChI=1S/C13H16ClN3O3/c1-9(13(19)17-4-6-20-7-5-17)16-12(18)10-2-3-15-11(14)8-10/h2-3,8-9H,4-7H2,1H3,(H,16,18). The van der Waals surface area contributed by atoms with Crippen molar-refractivity contribution in [3.8, 4) is 0 Å². The van der Waals surface area contributed by atoms with Crippen LogP contribution >= 0.6 is 11.6 Å². The monoisotopic (exact) mass is 297 g/mol. The van der Waals surface area contributed by atoms with E-state index < -0.39 is 6.04 Å². The van der Waals surface area contributed by atoms with Crippen molar-refractivity contribution in [2.24, 2.45) is 0 Å². The van der Waals surface area contributed by atoms with Crippen molar-refractivity contribution < 1.29 is 14.3 Å². The van der Waals surface area contributed by atoms with Crippen LogP contribution in [0.2, 0.25) is 5.15 Å². The number of ether oxygens (including phenoxy) is 1. The molecule has 108 valence electrons. The number of halogens is 1. The Labute approximate surface area is 122 Å². The molecule has 2 rings (SSSR count). The second-order valence-electron chi connectivity index (χ2n) is 4.50. The van der Waals surface area contributed by atoms with E-state index in [1.54, 1.807) is 17.9 Å². The van der Waals surface area contributed by atoms with E-state index in [1.807, 2.05) is 0 Å². The predicted molar refractivity (Wildman–Crippen MR) is 73.6 cm³/mol. The summed E-state index contributed by atoms with van der Waals surface area (Å²) in [6.07, 6.45) is 1.45. The minimum Gasteiger partial charge on any atom is -0.378 e. The summed E-state index contributed by atoms with van der Waals surface area (Å²) in [6.45, 7) is 3.84. The molecule has 1 aromatic rings. The summed E-state index contributed by atoms with van der Waals surface area (Å²) in [6, 6.07) is 2.42. The van der Waals surface area contributed by atoms with E-state index >= 15 is 0 Å². The molecule has 0 aliphatic carbocycles. The number of amides is 2. The maximum Gasteiger partial charge on any atom is 0.252 e. The molecule has 0 aromatic carbocycles. The Morgan fingerprint density at radius 3 is 2.80 bits per heavy atom. The average Bonchev–Trinajstić information content (AvgIpc) is 2.47. The minimum atomic E-state index is -0.590. The van der Waals surface area contributed by atoms with Crippen LogP contribution in [0.4, 0.5) is 0 Å². The normalized spacial score (nSPS) is 16.6. The molecule has 2 amide bonds. The lowest BCUT2D eigenvalue weighted by Gasteiger charge is -2.29. The summed E-state index contributed by atoms with van der Waals surface area (Å²) in [5.41, 5.74) is 0.381. The van der Waals surface area contributed by atoms with E-state index in [4.69, 9.17) is 16.3 Å². The van der Waals surface area contributed by atoms with E-state index in [2.05, 4.69) is 10.3 Å². The fourth-order valence-electron chi connectivity index (χ4n) is 1.94. The van der Waals surface area contributed by atoms with Gasteiger partial charge in [0.15, 0.2) is 0 Å². The molecule has 0 radical (unpaired) electrons. The van der Waals surface area contributed by atoms with Crippen LogP contribution < -0.4 is 5.32 Å². The second kappa shape index (κ2) is 6.67. The molecule has 1 unspecified atom stereocenters. The molecular formula is C13H16ClN3O3. The van der Waals surface area contributed by atoms with E-state index in [-0.39, 0.29) is 17.0 Å². The first-order valence-corrected chi connectivity index (χ1v) is 6.74. The number of nitrogens with one attached hydrogen (secondary N) is 1. The Morgan fingerprint density at radius 1 is 1.45 bits per heavy atom. The Kier molecular flexibility index (Phi) is 4.92. The van der Waals surface area contributed by atoms with Gasteiger partial charge in [0, 0.05) is 24.8 Å². The van der Waals surface area contributed by atoms with Gasteiger partial charge in [0.2, 0.25) is 5.91 Å². The highest BCUT2D eigenvalue weighted by atomic mass is 35.5. The predicted octanol–water partition coefficient (Wildman–Crippen LogP) is 0.712. The quantitative estimate of drug-likeness (QED) is 0.834. The lowest BCUT2D eigenvalue weighted by molar-refractivity contribution is -0.136. The lowest BCUT2D eigenvalue weighted by atomic mass is 10.2. The molecule has 1 N–H and O–H groups in total. The Morgan fingerprint density at radius 2 is 2.15 bits per heavy atom. The average molecular weight is 298 g/mol. The molecule has 7 heteroatoms. The largest absolute Gasteiger partial charge is 0.378 e. The number of pyridine rings is 1. The molecular weight excluding hydrogens is 282 g/mol. The zero-order valence-corrected chi connectivity index (χ0v) is 11.9. The van der Waals surface area contributed by atoms with Gasteiger partial charge in [-0.1, -0.05) is 11.6 Å². The molecule has 1 aliphatic rings. The number of hydrogen-bond donors (Lipinski definition) is 1. The number of rotatable bonds is 3. The summed E-state index contributed by atoms with van der Waals surface area (Å²) >= 11 is 5.73. The molecule has 1 atom stereocenters. The Balaban J connectivity index is 1.94. The number of morpholine rings is 1. The molecule has 0 bridgehead atoms. The molecule has 0 saturated carbocycles. The lowest BCUT2D eigenvalue weighted by Crippen LogP contribution is -2.50. The van der Waals surface area contributed by atoms with Crippen molar-refractivity contribution in [1.82, 2.24) is 15.2 Å². The van der Waals surface area contributed by atoms with E-state index in [1.165, 1.54) is 12.3 Å². The molecule has 6 nitrogen and oxygen atoms in total. The van der Waals surface area contributed by atoms with Gasteiger partial charge in [0.1, 0.15) is 11.2 Å². The van der Waals surface area contributed by atoms with Crippen LogP contribution in [-0.2, 0) is 9.53 Å². The first kappa shape index (κ1) is 14.7. The van der Waals surface area contributed by atoms with Crippen LogP contribution in [0.3, 0.4) is 0 Å². The molecule has 0 spiro atoms. The highest BCUT2D eigenvalue weighted by molar-refractivity contribution is 6.29. The number of nitrogens with zero attached hydrogens (tertiary/aromatic N) is 2. The van der Waals surface area contributed by atoms with Gasteiger partial charge in [-0.2, -0.15) is 0 Å². The van der Waals surface area contributed by atoms with Crippen molar-refractivity contribution >= 4 is 23.4 Å². The maximum atomic E-state index is 12.1. The third-order valence-corrected chi connectivity index (χ3v) is 3.24. The van der Waals surface area contributed by atoms with Gasteiger partial charge in [-0.3, -0.25) is 9.59 Å². The van der Waals surface area contributed by atoms with E-state index in [9.17, 15) is 9.59 Å². The molecule has 1 aromatic heterocycles. The molecule has 20 heavy (non-hydrogen) atoms. The number of carbonyl (C=O) groups is 2.